The molecule has 1 aromatic rings. The van der Waals surface area contributed by atoms with E-state index in [-0.39, 0.29) is 35.5 Å². The number of nitro groups is 1. The molecule has 33 heavy (non-hydrogen) atoms. The molecule has 11 heteroatoms. The largest absolute Gasteiger partial charge is 0.379 e. The number of benzene rings is 1. The van der Waals surface area contributed by atoms with Gasteiger partial charge in [0.25, 0.3) is 5.69 Å². The van der Waals surface area contributed by atoms with Gasteiger partial charge in [0.05, 0.1) is 23.0 Å². The molecule has 1 aromatic carbocycles. The van der Waals surface area contributed by atoms with E-state index in [1.165, 1.54) is 16.4 Å². The number of morpholine rings is 1. The summed E-state index contributed by atoms with van der Waals surface area (Å²) >= 11 is 0. The first-order valence-corrected chi connectivity index (χ1v) is 12.9. The predicted molar refractivity (Wildman–Crippen MR) is 120 cm³/mol. The van der Waals surface area contributed by atoms with Crippen molar-refractivity contribution in [2.45, 2.75) is 17.7 Å². The van der Waals surface area contributed by atoms with E-state index in [4.69, 9.17) is 4.74 Å². The van der Waals surface area contributed by atoms with Gasteiger partial charge in [0.2, 0.25) is 15.9 Å². The van der Waals surface area contributed by atoms with Crippen molar-refractivity contribution < 1.29 is 22.9 Å². The average molecular weight is 477 g/mol. The zero-order chi connectivity index (χ0) is 23.2. The van der Waals surface area contributed by atoms with Crippen molar-refractivity contribution in [1.82, 2.24) is 9.21 Å². The maximum Gasteiger partial charge on any atom is 0.293 e. The minimum Gasteiger partial charge on any atom is -0.379 e. The highest BCUT2D eigenvalue weighted by Crippen LogP contribution is 2.44. The molecule has 2 heterocycles. The third-order valence-electron chi connectivity index (χ3n) is 7.28. The van der Waals surface area contributed by atoms with Crippen molar-refractivity contribution in [2.75, 3.05) is 57.4 Å². The molecule has 10 nitrogen and oxygen atoms in total. The number of anilines is 1. The molecule has 0 unspecified atom stereocenters. The van der Waals surface area contributed by atoms with Gasteiger partial charge in [0, 0.05) is 51.3 Å². The molecule has 5 rings (SSSR count). The zero-order valence-electron chi connectivity index (χ0n) is 18.3. The summed E-state index contributed by atoms with van der Waals surface area (Å²) in [5.41, 5.74) is 0.151. The number of nitrogens with zero attached hydrogens (tertiary/aromatic N) is 4. The number of sulfonamides is 1. The monoisotopic (exact) mass is 476 g/mol. The van der Waals surface area contributed by atoms with Crippen molar-refractivity contribution in [2.24, 2.45) is 17.8 Å². The van der Waals surface area contributed by atoms with Crippen LogP contribution in [0.5, 0.6) is 0 Å². The highest BCUT2D eigenvalue weighted by Gasteiger charge is 2.42. The molecule has 1 amide bonds. The number of ether oxygens (including phenoxy) is 1. The normalized spacial score (nSPS) is 27.8. The van der Waals surface area contributed by atoms with Crippen LogP contribution in [0.1, 0.15) is 12.8 Å². The van der Waals surface area contributed by atoms with Crippen LogP contribution >= 0.6 is 0 Å². The molecule has 4 aliphatic rings. The summed E-state index contributed by atoms with van der Waals surface area (Å²) in [6, 6.07) is 4.11. The fraction of sp³-hybridized carbons (Fsp3) is 0.591. The van der Waals surface area contributed by atoms with Gasteiger partial charge in [-0.2, -0.15) is 4.31 Å². The van der Waals surface area contributed by atoms with Crippen LogP contribution in [0.25, 0.3) is 0 Å². The van der Waals surface area contributed by atoms with Gasteiger partial charge in [-0.05, 0) is 36.8 Å². The Balaban J connectivity index is 1.30. The topological polar surface area (TPSA) is 113 Å². The van der Waals surface area contributed by atoms with Crippen molar-refractivity contribution in [3.8, 4) is 0 Å². The van der Waals surface area contributed by atoms with Crippen molar-refractivity contribution in [3.05, 3.63) is 40.5 Å². The van der Waals surface area contributed by atoms with Gasteiger partial charge in [-0.25, -0.2) is 8.42 Å². The Bertz CT molecular complexity index is 1080. The van der Waals surface area contributed by atoms with Crippen LogP contribution < -0.4 is 4.90 Å². The van der Waals surface area contributed by atoms with Crippen LogP contribution in [0, 0.1) is 27.9 Å². The maximum absolute atomic E-state index is 13.0. The number of hydrogen-bond acceptors (Lipinski definition) is 7. The van der Waals surface area contributed by atoms with Gasteiger partial charge in [-0.15, -0.1) is 0 Å². The fourth-order valence-electron chi connectivity index (χ4n) is 5.48. The highest BCUT2D eigenvalue weighted by atomic mass is 32.2. The van der Waals surface area contributed by atoms with Gasteiger partial charge in [-0.3, -0.25) is 14.9 Å². The van der Waals surface area contributed by atoms with Gasteiger partial charge in [0.1, 0.15) is 5.69 Å². The number of piperazine rings is 1. The quantitative estimate of drug-likeness (QED) is 0.359. The predicted octanol–water partition coefficient (Wildman–Crippen LogP) is 1.48. The second kappa shape index (κ2) is 8.69. The van der Waals surface area contributed by atoms with E-state index in [0.29, 0.717) is 56.9 Å². The Morgan fingerprint density at radius 2 is 1.76 bits per heavy atom. The third-order valence-corrected chi connectivity index (χ3v) is 9.17. The molecular formula is C22H28N4O6S. The van der Waals surface area contributed by atoms with Crippen LogP contribution in [-0.2, 0) is 19.6 Å². The SMILES string of the molecule is O=C([C@H]1C[C@H]2C=C[C@H]1C2)N1CCN(c2ccc(S(=O)(=O)N3CCOCC3)cc2[N+](=O)[O-])CC1. The lowest BCUT2D eigenvalue weighted by Crippen LogP contribution is -2.51. The molecule has 1 saturated carbocycles. The standard InChI is InChI=1S/C22H28N4O6S/c27-22(19-14-16-1-2-17(19)13-16)24-7-5-23(6-8-24)20-4-3-18(15-21(20)26(28)29)33(30,31)25-9-11-32-12-10-25/h1-4,15-17,19H,5-14H2/t16-,17-,19-/m0/s1. The number of rotatable bonds is 5. The Morgan fingerprint density at radius 1 is 1.03 bits per heavy atom. The molecule has 3 fully saturated rings. The minimum absolute atomic E-state index is 0.0607. The first-order valence-electron chi connectivity index (χ1n) is 11.4. The van der Waals surface area contributed by atoms with E-state index in [2.05, 4.69) is 12.2 Å². The number of carbonyl (C=O) groups is 1. The molecule has 2 aliphatic heterocycles. The lowest BCUT2D eigenvalue weighted by molar-refractivity contribution is -0.384. The van der Waals surface area contributed by atoms with Crippen molar-refractivity contribution in [3.63, 3.8) is 0 Å². The van der Waals surface area contributed by atoms with Crippen molar-refractivity contribution in [1.29, 1.82) is 0 Å². The fourth-order valence-corrected chi connectivity index (χ4v) is 6.91. The third kappa shape index (κ3) is 4.13. The first kappa shape index (κ1) is 22.3. The summed E-state index contributed by atoms with van der Waals surface area (Å²) < 4.78 is 32.4. The molecule has 0 radical (unpaired) electrons. The molecule has 2 aliphatic carbocycles. The van der Waals surface area contributed by atoms with E-state index in [9.17, 15) is 23.3 Å². The molecule has 2 bridgehead atoms. The Morgan fingerprint density at radius 3 is 2.36 bits per heavy atom. The van der Waals surface area contributed by atoms with E-state index >= 15 is 0 Å². The summed E-state index contributed by atoms with van der Waals surface area (Å²) in [7, 11) is -3.83. The summed E-state index contributed by atoms with van der Waals surface area (Å²) in [4.78, 5) is 27.9. The molecule has 0 N–H and O–H groups in total. The summed E-state index contributed by atoms with van der Waals surface area (Å²) in [5.74, 6) is 1.13. The van der Waals surface area contributed by atoms with Crippen LogP contribution in [0.15, 0.2) is 35.2 Å². The van der Waals surface area contributed by atoms with Crippen LogP contribution in [0.2, 0.25) is 0 Å². The number of nitro benzene ring substituents is 1. The highest BCUT2D eigenvalue weighted by molar-refractivity contribution is 7.89. The van der Waals surface area contributed by atoms with E-state index in [1.807, 2.05) is 9.80 Å². The second-order valence-electron chi connectivity index (χ2n) is 9.12. The Hall–Kier alpha value is -2.50. The minimum atomic E-state index is -3.83. The number of amides is 1. The summed E-state index contributed by atoms with van der Waals surface area (Å²) in [5, 5.41) is 11.8. The zero-order valence-corrected chi connectivity index (χ0v) is 19.2. The van der Waals surface area contributed by atoms with Crippen LogP contribution in [0.3, 0.4) is 0 Å². The molecule has 2 saturated heterocycles. The molecule has 178 valence electrons. The lowest BCUT2D eigenvalue weighted by atomic mass is 9.92. The van der Waals surface area contributed by atoms with Gasteiger partial charge in [-0.1, -0.05) is 12.2 Å². The van der Waals surface area contributed by atoms with Gasteiger partial charge in [0.15, 0.2) is 0 Å². The van der Waals surface area contributed by atoms with E-state index < -0.39 is 14.9 Å². The van der Waals surface area contributed by atoms with Crippen LogP contribution in [-0.4, -0.2) is 80.9 Å². The molecule has 0 aromatic heterocycles. The van der Waals surface area contributed by atoms with E-state index in [1.54, 1.807) is 0 Å². The number of carbonyl (C=O) groups excluding carboxylic acids is 1. The molecule has 3 atom stereocenters. The van der Waals surface area contributed by atoms with Crippen LogP contribution in [0.4, 0.5) is 11.4 Å². The Labute approximate surface area is 193 Å². The number of allylic oxidation sites excluding steroid dienone is 2. The average Bonchev–Trinajstić information content (AvgIpc) is 3.48. The summed E-state index contributed by atoms with van der Waals surface area (Å²) in [6.45, 7) is 3.01. The number of hydrogen-bond donors (Lipinski definition) is 0. The van der Waals surface area contributed by atoms with Crippen molar-refractivity contribution >= 4 is 27.3 Å². The molecular weight excluding hydrogens is 448 g/mol. The van der Waals surface area contributed by atoms with Gasteiger partial charge >= 0.3 is 0 Å². The lowest BCUT2D eigenvalue weighted by Gasteiger charge is -2.37. The maximum atomic E-state index is 13.0. The smallest absolute Gasteiger partial charge is 0.293 e. The number of fused-ring (bicyclic) bond motifs is 2. The first-order chi connectivity index (χ1) is 15.8. The Kier molecular flexibility index (Phi) is 5.87. The summed E-state index contributed by atoms with van der Waals surface area (Å²) in [6.07, 6.45) is 6.38. The second-order valence-corrected chi connectivity index (χ2v) is 11.1. The van der Waals surface area contributed by atoms with Gasteiger partial charge < -0.3 is 14.5 Å². The van der Waals surface area contributed by atoms with E-state index in [0.717, 1.165) is 18.9 Å². The molecule has 0 spiro atoms.